The van der Waals surface area contributed by atoms with E-state index in [9.17, 15) is 4.79 Å². The molecule has 0 aliphatic carbocycles. The molecule has 1 N–H and O–H groups in total. The van der Waals surface area contributed by atoms with Crippen LogP contribution in [0.2, 0.25) is 0 Å². The molecule has 3 aliphatic rings. The predicted molar refractivity (Wildman–Crippen MR) is 75.2 cm³/mol. The normalized spacial score (nSPS) is 33.1. The number of hydrogen-bond donors (Lipinski definition) is 1. The Morgan fingerprint density at radius 2 is 1.89 bits per heavy atom. The second-order valence-electron chi connectivity index (χ2n) is 6.17. The Hall–Kier alpha value is -0.810. The van der Waals surface area contributed by atoms with E-state index in [1.165, 1.54) is 25.8 Å². The summed E-state index contributed by atoms with van der Waals surface area (Å²) < 4.78 is 0. The van der Waals surface area contributed by atoms with Gasteiger partial charge in [0.2, 0.25) is 0 Å². The standard InChI is InChI=1S/C14H26N4O/c1-12-10-17-7-3-2-4-13(17)11-18(12)14(19)16-8-5-15-6-9-16/h12-13,15H,2-11H2,1H3. The lowest BCUT2D eigenvalue weighted by Crippen LogP contribution is -2.63. The summed E-state index contributed by atoms with van der Waals surface area (Å²) in [5.41, 5.74) is 0. The van der Waals surface area contributed by atoms with Gasteiger partial charge < -0.3 is 15.1 Å². The van der Waals surface area contributed by atoms with E-state index >= 15 is 0 Å². The summed E-state index contributed by atoms with van der Waals surface area (Å²) in [6.45, 7) is 9.00. The van der Waals surface area contributed by atoms with Crippen LogP contribution in [0.1, 0.15) is 26.2 Å². The lowest BCUT2D eigenvalue weighted by atomic mass is 9.97. The molecule has 0 radical (unpaired) electrons. The van der Waals surface area contributed by atoms with Gasteiger partial charge in [-0.3, -0.25) is 4.90 Å². The zero-order valence-corrected chi connectivity index (χ0v) is 12.0. The van der Waals surface area contributed by atoms with E-state index in [0.29, 0.717) is 12.1 Å². The molecule has 5 heteroatoms. The number of amides is 2. The zero-order valence-electron chi connectivity index (χ0n) is 12.0. The molecule has 0 aromatic heterocycles. The molecule has 0 spiro atoms. The molecule has 0 aromatic carbocycles. The molecular weight excluding hydrogens is 240 g/mol. The fourth-order valence-electron chi connectivity index (χ4n) is 3.66. The Balaban J connectivity index is 1.64. The van der Waals surface area contributed by atoms with Crippen molar-refractivity contribution in [3.63, 3.8) is 0 Å². The van der Waals surface area contributed by atoms with E-state index in [2.05, 4.69) is 22.0 Å². The van der Waals surface area contributed by atoms with E-state index in [1.54, 1.807) is 0 Å². The van der Waals surface area contributed by atoms with Gasteiger partial charge in [-0.15, -0.1) is 0 Å². The molecule has 3 fully saturated rings. The second kappa shape index (κ2) is 5.67. The van der Waals surface area contributed by atoms with Crippen molar-refractivity contribution in [2.24, 2.45) is 0 Å². The predicted octanol–water partition coefficient (Wildman–Crippen LogP) is 0.570. The van der Waals surface area contributed by atoms with Crippen molar-refractivity contribution in [1.29, 1.82) is 0 Å². The molecule has 3 aliphatic heterocycles. The molecule has 0 bridgehead atoms. The average molecular weight is 266 g/mol. The summed E-state index contributed by atoms with van der Waals surface area (Å²) in [6, 6.07) is 1.23. The molecule has 108 valence electrons. The first-order valence-corrected chi connectivity index (χ1v) is 7.76. The van der Waals surface area contributed by atoms with E-state index in [1.807, 2.05) is 4.90 Å². The quantitative estimate of drug-likeness (QED) is 0.697. The fourth-order valence-corrected chi connectivity index (χ4v) is 3.66. The van der Waals surface area contributed by atoms with Crippen LogP contribution in [0.15, 0.2) is 0 Å². The topological polar surface area (TPSA) is 38.8 Å². The minimum absolute atomic E-state index is 0.263. The number of piperidine rings is 1. The maximum absolute atomic E-state index is 12.6. The molecular formula is C14H26N4O. The number of piperazine rings is 2. The van der Waals surface area contributed by atoms with Crippen LogP contribution in [0, 0.1) is 0 Å². The summed E-state index contributed by atoms with van der Waals surface area (Å²) in [5.74, 6) is 0. The van der Waals surface area contributed by atoms with Crippen LogP contribution in [0.5, 0.6) is 0 Å². The number of nitrogens with one attached hydrogen (secondary N) is 1. The maximum atomic E-state index is 12.6. The van der Waals surface area contributed by atoms with Crippen molar-refractivity contribution in [1.82, 2.24) is 20.0 Å². The molecule has 3 saturated heterocycles. The Labute approximate surface area is 115 Å². The third-order valence-corrected chi connectivity index (χ3v) is 4.82. The maximum Gasteiger partial charge on any atom is 0.320 e. The summed E-state index contributed by atoms with van der Waals surface area (Å²) in [4.78, 5) is 19.4. The van der Waals surface area contributed by atoms with Crippen LogP contribution in [0.25, 0.3) is 0 Å². The molecule has 0 aromatic rings. The number of carbonyl (C=O) groups is 1. The Kier molecular flexibility index (Phi) is 3.93. The average Bonchev–Trinajstić information content (AvgIpc) is 2.47. The number of nitrogens with zero attached hydrogens (tertiary/aromatic N) is 3. The number of fused-ring (bicyclic) bond motifs is 1. The van der Waals surface area contributed by atoms with Gasteiger partial charge in [0.25, 0.3) is 0 Å². The first kappa shape index (κ1) is 13.2. The number of hydrogen-bond acceptors (Lipinski definition) is 3. The van der Waals surface area contributed by atoms with Crippen molar-refractivity contribution in [3.8, 4) is 0 Å². The summed E-state index contributed by atoms with van der Waals surface area (Å²) in [7, 11) is 0. The highest BCUT2D eigenvalue weighted by molar-refractivity contribution is 5.75. The zero-order chi connectivity index (χ0) is 13.2. The summed E-state index contributed by atoms with van der Waals surface area (Å²) in [6.07, 6.45) is 3.91. The number of urea groups is 1. The van der Waals surface area contributed by atoms with Crippen molar-refractivity contribution in [2.75, 3.05) is 45.8 Å². The molecule has 0 saturated carbocycles. The molecule has 2 unspecified atom stereocenters. The van der Waals surface area contributed by atoms with Gasteiger partial charge in [-0.05, 0) is 26.3 Å². The second-order valence-corrected chi connectivity index (χ2v) is 6.17. The van der Waals surface area contributed by atoms with Crippen molar-refractivity contribution in [3.05, 3.63) is 0 Å². The molecule has 2 atom stereocenters. The van der Waals surface area contributed by atoms with E-state index in [4.69, 9.17) is 0 Å². The van der Waals surface area contributed by atoms with Crippen molar-refractivity contribution < 1.29 is 4.79 Å². The first-order valence-electron chi connectivity index (χ1n) is 7.76. The van der Waals surface area contributed by atoms with Gasteiger partial charge in [0.1, 0.15) is 0 Å². The van der Waals surface area contributed by atoms with E-state index < -0.39 is 0 Å². The van der Waals surface area contributed by atoms with Crippen molar-refractivity contribution in [2.45, 2.75) is 38.3 Å². The third kappa shape index (κ3) is 2.72. The summed E-state index contributed by atoms with van der Waals surface area (Å²) in [5, 5.41) is 3.31. The number of carbonyl (C=O) groups excluding carboxylic acids is 1. The smallest absolute Gasteiger partial charge is 0.320 e. The Bertz CT molecular complexity index is 329. The third-order valence-electron chi connectivity index (χ3n) is 4.82. The van der Waals surface area contributed by atoms with Crippen LogP contribution in [-0.2, 0) is 0 Å². The van der Waals surface area contributed by atoms with Crippen molar-refractivity contribution >= 4 is 6.03 Å². The Morgan fingerprint density at radius 1 is 1.11 bits per heavy atom. The van der Waals surface area contributed by atoms with Gasteiger partial charge in [0.05, 0.1) is 0 Å². The van der Waals surface area contributed by atoms with Gasteiger partial charge in [0.15, 0.2) is 0 Å². The Morgan fingerprint density at radius 3 is 2.68 bits per heavy atom. The first-order chi connectivity index (χ1) is 9.25. The van der Waals surface area contributed by atoms with Crippen LogP contribution in [-0.4, -0.2) is 78.6 Å². The van der Waals surface area contributed by atoms with Gasteiger partial charge >= 0.3 is 6.03 Å². The van der Waals surface area contributed by atoms with Crippen LogP contribution in [0.3, 0.4) is 0 Å². The lowest BCUT2D eigenvalue weighted by Gasteiger charge is -2.48. The summed E-state index contributed by atoms with van der Waals surface area (Å²) >= 11 is 0. The molecule has 3 heterocycles. The monoisotopic (exact) mass is 266 g/mol. The minimum Gasteiger partial charge on any atom is -0.322 e. The largest absolute Gasteiger partial charge is 0.322 e. The molecule has 3 rings (SSSR count). The van der Waals surface area contributed by atoms with E-state index in [-0.39, 0.29) is 6.03 Å². The van der Waals surface area contributed by atoms with Crippen LogP contribution in [0.4, 0.5) is 4.79 Å². The number of rotatable bonds is 0. The van der Waals surface area contributed by atoms with Crippen LogP contribution < -0.4 is 5.32 Å². The highest BCUT2D eigenvalue weighted by Crippen LogP contribution is 2.24. The SMILES string of the molecule is CC1CN2CCCCC2CN1C(=O)N1CCNCC1. The molecule has 19 heavy (non-hydrogen) atoms. The molecule has 2 amide bonds. The van der Waals surface area contributed by atoms with Gasteiger partial charge in [-0.1, -0.05) is 6.42 Å². The van der Waals surface area contributed by atoms with Crippen LogP contribution >= 0.6 is 0 Å². The highest BCUT2D eigenvalue weighted by Gasteiger charge is 2.36. The lowest BCUT2D eigenvalue weighted by molar-refractivity contribution is 0.0238. The minimum atomic E-state index is 0.263. The molecule has 5 nitrogen and oxygen atoms in total. The highest BCUT2D eigenvalue weighted by atomic mass is 16.2. The van der Waals surface area contributed by atoms with Gasteiger partial charge in [-0.25, -0.2) is 4.79 Å². The van der Waals surface area contributed by atoms with Gasteiger partial charge in [-0.2, -0.15) is 0 Å². The van der Waals surface area contributed by atoms with Gasteiger partial charge in [0, 0.05) is 51.4 Å². The fraction of sp³-hybridized carbons (Fsp3) is 0.929. The van der Waals surface area contributed by atoms with E-state index in [0.717, 1.165) is 39.3 Å².